The Morgan fingerprint density at radius 1 is 1.17 bits per heavy atom. The van der Waals surface area contributed by atoms with E-state index < -0.39 is 21.9 Å². The number of hydrogen-bond acceptors (Lipinski definition) is 7. The molecule has 0 saturated carbocycles. The quantitative estimate of drug-likeness (QED) is 0.491. The number of carbonyl (C=O) groups excluding carboxylic acids is 1. The van der Waals surface area contributed by atoms with E-state index in [9.17, 15) is 22.7 Å². The smallest absolute Gasteiger partial charge is 0.282 e. The number of anilines is 1. The second-order valence-corrected chi connectivity index (χ2v) is 10.9. The van der Waals surface area contributed by atoms with Crippen LogP contribution in [0.1, 0.15) is 47.3 Å². The predicted octanol–water partition coefficient (Wildman–Crippen LogP) is 1.94. The van der Waals surface area contributed by atoms with Crippen LogP contribution in [0.2, 0.25) is 0 Å². The Morgan fingerprint density at radius 3 is 2.61 bits per heavy atom. The van der Waals surface area contributed by atoms with Gasteiger partial charge in [0.1, 0.15) is 23.7 Å². The molecule has 2 aliphatic heterocycles. The lowest BCUT2D eigenvalue weighted by Crippen LogP contribution is -2.39. The van der Waals surface area contributed by atoms with Gasteiger partial charge in [-0.05, 0) is 55.2 Å². The van der Waals surface area contributed by atoms with E-state index >= 15 is 0 Å². The number of rotatable bonds is 7. The normalized spacial score (nSPS) is 17.3. The largest absolute Gasteiger partial charge is 0.394 e. The van der Waals surface area contributed by atoms with Crippen molar-refractivity contribution in [2.24, 2.45) is 0 Å². The molecular formula is C23H26FN7O4S. The first-order valence-electron chi connectivity index (χ1n) is 11.6. The zero-order chi connectivity index (χ0) is 25.4. The zero-order valence-electron chi connectivity index (χ0n) is 19.6. The number of aliphatic hydroxyl groups excluding tert-OH is 1. The van der Waals surface area contributed by atoms with E-state index in [1.807, 2.05) is 0 Å². The van der Waals surface area contributed by atoms with E-state index in [-0.39, 0.29) is 37.1 Å². The van der Waals surface area contributed by atoms with Gasteiger partial charge in [-0.15, -0.1) is 10.2 Å². The molecule has 0 radical (unpaired) electrons. The van der Waals surface area contributed by atoms with Crippen LogP contribution >= 0.6 is 0 Å². The maximum atomic E-state index is 14.9. The van der Waals surface area contributed by atoms with Crippen LogP contribution in [0.3, 0.4) is 0 Å². The minimum Gasteiger partial charge on any atom is -0.394 e. The molecule has 0 spiro atoms. The summed E-state index contributed by atoms with van der Waals surface area (Å²) in [6, 6.07) is 7.28. The molecular weight excluding hydrogens is 489 g/mol. The van der Waals surface area contributed by atoms with Crippen LogP contribution in [0.4, 0.5) is 10.2 Å². The first-order chi connectivity index (χ1) is 17.3. The van der Waals surface area contributed by atoms with Gasteiger partial charge in [0.2, 0.25) is 0 Å². The molecule has 0 unspecified atom stereocenters. The highest BCUT2D eigenvalue weighted by molar-refractivity contribution is 7.86. The van der Waals surface area contributed by atoms with Crippen LogP contribution < -0.4 is 5.32 Å². The van der Waals surface area contributed by atoms with E-state index in [1.165, 1.54) is 27.1 Å². The molecule has 36 heavy (non-hydrogen) atoms. The van der Waals surface area contributed by atoms with E-state index in [2.05, 4.69) is 20.5 Å². The van der Waals surface area contributed by atoms with E-state index in [0.717, 1.165) is 12.8 Å². The fraction of sp³-hybridized carbons (Fsp3) is 0.391. The molecule has 0 bridgehead atoms. The molecule has 1 aromatic carbocycles. The number of amides is 1. The summed E-state index contributed by atoms with van der Waals surface area (Å²) in [6.07, 6.45) is 3.14. The van der Waals surface area contributed by atoms with Gasteiger partial charge in [-0.1, -0.05) is 6.07 Å². The molecule has 1 amide bonds. The predicted molar refractivity (Wildman–Crippen MR) is 128 cm³/mol. The zero-order valence-corrected chi connectivity index (χ0v) is 20.4. The highest BCUT2D eigenvalue weighted by Crippen LogP contribution is 2.30. The molecule has 3 aromatic rings. The summed E-state index contributed by atoms with van der Waals surface area (Å²) in [7, 11) is -3.63. The van der Waals surface area contributed by atoms with Crippen molar-refractivity contribution >= 4 is 21.9 Å². The number of halogens is 1. The minimum atomic E-state index is -3.63. The average molecular weight is 516 g/mol. The van der Waals surface area contributed by atoms with Crippen molar-refractivity contribution in [3.8, 4) is 11.5 Å². The van der Waals surface area contributed by atoms with E-state index in [0.29, 0.717) is 35.7 Å². The third kappa shape index (κ3) is 4.50. The molecule has 1 saturated heterocycles. The topological polar surface area (TPSA) is 134 Å². The van der Waals surface area contributed by atoms with Gasteiger partial charge in [0, 0.05) is 26.2 Å². The second kappa shape index (κ2) is 9.65. The number of carbonyl (C=O) groups is 1. The molecule has 1 atom stereocenters. The number of hydrogen-bond donors (Lipinski definition) is 2. The highest BCUT2D eigenvalue weighted by atomic mass is 32.2. The van der Waals surface area contributed by atoms with Gasteiger partial charge < -0.3 is 15.0 Å². The number of benzene rings is 1. The van der Waals surface area contributed by atoms with Gasteiger partial charge in [-0.2, -0.15) is 17.0 Å². The maximum absolute atomic E-state index is 14.9. The number of fused-ring (bicyclic) bond motifs is 1. The van der Waals surface area contributed by atoms with Crippen molar-refractivity contribution in [2.75, 3.05) is 25.0 Å². The van der Waals surface area contributed by atoms with Crippen LogP contribution in [0.5, 0.6) is 0 Å². The Hall–Kier alpha value is -3.26. The lowest BCUT2D eigenvalue weighted by molar-refractivity contribution is 0.102. The first kappa shape index (κ1) is 24.4. The SMILES string of the molecule is C[C@H](CO)n1cnnc1-c1cccc(NC(=O)c2cc3c(cc2F)CN(S(=O)(=O)N2CCCC2)C3)n1. The van der Waals surface area contributed by atoms with Crippen LogP contribution in [0, 0.1) is 5.82 Å². The fourth-order valence-electron chi connectivity index (χ4n) is 4.46. The Labute approximate surface area is 207 Å². The third-order valence-electron chi connectivity index (χ3n) is 6.48. The molecule has 2 aromatic heterocycles. The lowest BCUT2D eigenvalue weighted by atomic mass is 10.1. The van der Waals surface area contributed by atoms with Crippen LogP contribution in [0.25, 0.3) is 11.5 Å². The molecule has 5 rings (SSSR count). The number of nitrogens with zero attached hydrogens (tertiary/aromatic N) is 6. The Kier molecular flexibility index (Phi) is 6.55. The molecule has 1 fully saturated rings. The third-order valence-corrected chi connectivity index (χ3v) is 8.41. The molecule has 2 N–H and O–H groups in total. The van der Waals surface area contributed by atoms with Crippen molar-refractivity contribution in [3.05, 3.63) is 59.2 Å². The van der Waals surface area contributed by atoms with Crippen LogP contribution in [0.15, 0.2) is 36.7 Å². The number of aromatic nitrogens is 4. The summed E-state index contributed by atoms with van der Waals surface area (Å²) in [6.45, 7) is 2.81. The summed E-state index contributed by atoms with van der Waals surface area (Å²) >= 11 is 0. The monoisotopic (exact) mass is 515 g/mol. The maximum Gasteiger partial charge on any atom is 0.282 e. The molecule has 11 nitrogen and oxygen atoms in total. The van der Waals surface area contributed by atoms with E-state index in [1.54, 1.807) is 29.7 Å². The number of nitrogens with one attached hydrogen (secondary N) is 1. The van der Waals surface area contributed by atoms with Gasteiger partial charge in [0.15, 0.2) is 5.82 Å². The van der Waals surface area contributed by atoms with Gasteiger partial charge in [0.25, 0.3) is 16.1 Å². The standard InChI is InChI=1S/C23H26FN7O4S/c1-15(13-32)31-14-25-28-22(31)20-5-4-6-21(26-20)27-23(33)18-9-16-11-30(12-17(16)10-19(18)24)36(34,35)29-7-2-3-8-29/h4-6,9-10,14-15,32H,2-3,7-8,11-13H2,1H3,(H,26,27,33)/t15-/m1/s1. The van der Waals surface area contributed by atoms with Crippen molar-refractivity contribution in [3.63, 3.8) is 0 Å². The molecule has 190 valence electrons. The summed E-state index contributed by atoms with van der Waals surface area (Å²) in [4.78, 5) is 17.3. The summed E-state index contributed by atoms with van der Waals surface area (Å²) in [5.41, 5.74) is 1.36. The van der Waals surface area contributed by atoms with Crippen molar-refractivity contribution in [2.45, 2.75) is 38.9 Å². The fourth-order valence-corrected chi connectivity index (χ4v) is 6.11. The molecule has 4 heterocycles. The van der Waals surface area contributed by atoms with Crippen LogP contribution in [-0.2, 0) is 23.3 Å². The highest BCUT2D eigenvalue weighted by Gasteiger charge is 2.36. The van der Waals surface area contributed by atoms with Gasteiger partial charge >= 0.3 is 0 Å². The van der Waals surface area contributed by atoms with Gasteiger partial charge in [-0.25, -0.2) is 9.37 Å². The summed E-state index contributed by atoms with van der Waals surface area (Å²) in [5.74, 6) is -0.845. The first-order valence-corrected chi connectivity index (χ1v) is 13.0. The Balaban J connectivity index is 1.35. The summed E-state index contributed by atoms with van der Waals surface area (Å²) < 4.78 is 45.1. The summed E-state index contributed by atoms with van der Waals surface area (Å²) in [5, 5.41) is 20.0. The second-order valence-electron chi connectivity index (χ2n) is 8.94. The van der Waals surface area contributed by atoms with Crippen LogP contribution in [-0.4, -0.2) is 67.5 Å². The Bertz CT molecular complexity index is 1410. The molecule has 2 aliphatic rings. The number of pyridine rings is 1. The molecule has 13 heteroatoms. The Morgan fingerprint density at radius 2 is 1.89 bits per heavy atom. The van der Waals surface area contributed by atoms with Crippen molar-refractivity contribution in [1.29, 1.82) is 0 Å². The van der Waals surface area contributed by atoms with E-state index in [4.69, 9.17) is 0 Å². The molecule has 0 aliphatic carbocycles. The van der Waals surface area contributed by atoms with Gasteiger partial charge in [0.05, 0.1) is 18.2 Å². The van der Waals surface area contributed by atoms with Gasteiger partial charge in [-0.3, -0.25) is 4.79 Å². The van der Waals surface area contributed by atoms with Crippen molar-refractivity contribution in [1.82, 2.24) is 28.4 Å². The minimum absolute atomic E-state index is 0.0729. The average Bonchev–Trinajstić information content (AvgIpc) is 3.64. The van der Waals surface area contributed by atoms with Crippen molar-refractivity contribution < 1.29 is 22.7 Å². The lowest BCUT2D eigenvalue weighted by Gasteiger charge is -2.22. The number of aliphatic hydroxyl groups is 1.